The van der Waals surface area contributed by atoms with Crippen molar-refractivity contribution in [3.63, 3.8) is 0 Å². The highest BCUT2D eigenvalue weighted by molar-refractivity contribution is 6.01. The van der Waals surface area contributed by atoms with Gasteiger partial charge in [-0.3, -0.25) is 14.7 Å². The fourth-order valence-corrected chi connectivity index (χ4v) is 3.77. The zero-order valence-corrected chi connectivity index (χ0v) is 17.0. The summed E-state index contributed by atoms with van der Waals surface area (Å²) in [6, 6.07) is 11.0. The number of hydrogen-bond donors (Lipinski definition) is 2. The Bertz CT molecular complexity index is 1210. The zero-order valence-electron chi connectivity index (χ0n) is 17.0. The fraction of sp³-hybridized carbons (Fsp3) is 0.238. The molecule has 2 N–H and O–H groups in total. The van der Waals surface area contributed by atoms with Crippen LogP contribution in [0.1, 0.15) is 52.2 Å². The maximum Gasteiger partial charge on any atom is 0.294 e. The van der Waals surface area contributed by atoms with E-state index in [4.69, 9.17) is 4.42 Å². The van der Waals surface area contributed by atoms with Crippen LogP contribution in [0.2, 0.25) is 0 Å². The van der Waals surface area contributed by atoms with Gasteiger partial charge in [-0.1, -0.05) is 18.2 Å². The molecule has 11 heteroatoms. The van der Waals surface area contributed by atoms with E-state index in [1.807, 2.05) is 30.3 Å². The Kier molecular flexibility index (Phi) is 5.20. The Balaban J connectivity index is 1.33. The molecular formula is C21H20N8O3. The molecule has 0 spiro atoms. The van der Waals surface area contributed by atoms with Crippen LogP contribution in [0.5, 0.6) is 0 Å². The van der Waals surface area contributed by atoms with Gasteiger partial charge in [0.1, 0.15) is 6.33 Å². The number of likely N-dealkylation sites (tertiary alicyclic amines) is 1. The van der Waals surface area contributed by atoms with Crippen LogP contribution in [0.4, 0.5) is 5.82 Å². The molecule has 1 aliphatic rings. The third kappa shape index (κ3) is 3.87. The summed E-state index contributed by atoms with van der Waals surface area (Å²) < 4.78 is 6.58. The summed E-state index contributed by atoms with van der Waals surface area (Å²) in [5, 5.41) is 14.1. The minimum absolute atomic E-state index is 0.0871. The minimum atomic E-state index is -0.451. The Morgan fingerprint density at radius 2 is 2.06 bits per heavy atom. The molecular weight excluding hydrogens is 412 g/mol. The van der Waals surface area contributed by atoms with Crippen molar-refractivity contribution in [1.29, 1.82) is 0 Å². The molecule has 1 fully saturated rings. The molecule has 11 nitrogen and oxygen atoms in total. The van der Waals surface area contributed by atoms with Crippen molar-refractivity contribution < 1.29 is 14.0 Å². The zero-order chi connectivity index (χ0) is 21.9. The second-order valence-electron chi connectivity index (χ2n) is 7.39. The molecule has 1 aromatic carbocycles. The summed E-state index contributed by atoms with van der Waals surface area (Å²) in [5.41, 5.74) is 1.56. The highest BCUT2D eigenvalue weighted by atomic mass is 16.3. The lowest BCUT2D eigenvalue weighted by Crippen LogP contribution is -2.39. The van der Waals surface area contributed by atoms with Crippen LogP contribution in [0, 0.1) is 0 Å². The van der Waals surface area contributed by atoms with Gasteiger partial charge in [-0.2, -0.15) is 5.10 Å². The van der Waals surface area contributed by atoms with Crippen molar-refractivity contribution in [2.24, 2.45) is 0 Å². The molecule has 1 atom stereocenters. The van der Waals surface area contributed by atoms with Gasteiger partial charge in [-0.05, 0) is 31.4 Å². The van der Waals surface area contributed by atoms with E-state index in [0.29, 0.717) is 12.4 Å². The standard InChI is InChI=1S/C21H20N8O3/c30-20(17-11-22-13-32-17)24-18-10-15(25-26-18)16-8-4-5-9-28(16)21(31)19-23-12-29(27-19)14-6-2-1-3-7-14/h1-3,6-7,10-13,16H,4-5,8-9H2,(H2,24,25,26,30). The Labute approximate surface area is 182 Å². The van der Waals surface area contributed by atoms with Gasteiger partial charge in [-0.15, -0.1) is 5.10 Å². The third-order valence-corrected chi connectivity index (χ3v) is 5.32. The van der Waals surface area contributed by atoms with E-state index in [2.05, 4.69) is 30.6 Å². The summed E-state index contributed by atoms with van der Waals surface area (Å²) in [7, 11) is 0. The second kappa shape index (κ2) is 8.46. The van der Waals surface area contributed by atoms with Crippen LogP contribution in [-0.2, 0) is 0 Å². The lowest BCUT2D eigenvalue weighted by atomic mass is 9.99. The predicted molar refractivity (Wildman–Crippen MR) is 112 cm³/mol. The molecule has 0 saturated carbocycles. The van der Waals surface area contributed by atoms with Gasteiger partial charge in [0.2, 0.25) is 11.6 Å². The van der Waals surface area contributed by atoms with Gasteiger partial charge in [-0.25, -0.2) is 14.6 Å². The van der Waals surface area contributed by atoms with Gasteiger partial charge < -0.3 is 14.6 Å². The van der Waals surface area contributed by atoms with E-state index in [9.17, 15) is 9.59 Å². The van der Waals surface area contributed by atoms with Crippen LogP contribution >= 0.6 is 0 Å². The number of nitrogens with one attached hydrogen (secondary N) is 2. The number of carbonyl (C=O) groups is 2. The molecule has 3 aromatic heterocycles. The monoisotopic (exact) mass is 432 g/mol. The largest absolute Gasteiger partial charge is 0.438 e. The average molecular weight is 432 g/mol. The minimum Gasteiger partial charge on any atom is -0.438 e. The number of hydrogen-bond acceptors (Lipinski definition) is 7. The predicted octanol–water partition coefficient (Wildman–Crippen LogP) is 2.60. The first-order valence-electron chi connectivity index (χ1n) is 10.2. The summed E-state index contributed by atoms with van der Waals surface area (Å²) in [6.45, 7) is 0.585. The number of aromatic nitrogens is 6. The first-order chi connectivity index (χ1) is 15.7. The topological polar surface area (TPSA) is 135 Å². The third-order valence-electron chi connectivity index (χ3n) is 5.32. The quantitative estimate of drug-likeness (QED) is 0.495. The first kappa shape index (κ1) is 19.7. The number of para-hydroxylation sites is 1. The lowest BCUT2D eigenvalue weighted by molar-refractivity contribution is 0.0593. The molecule has 4 aromatic rings. The van der Waals surface area contributed by atoms with Crippen molar-refractivity contribution in [3.8, 4) is 5.69 Å². The number of carbonyl (C=O) groups excluding carboxylic acids is 2. The number of benzene rings is 1. The number of nitrogens with zero attached hydrogens (tertiary/aromatic N) is 6. The molecule has 162 valence electrons. The van der Waals surface area contributed by atoms with Crippen LogP contribution in [0.15, 0.2) is 59.7 Å². The summed E-state index contributed by atoms with van der Waals surface area (Å²) in [5.74, 6) is -0.131. The van der Waals surface area contributed by atoms with Gasteiger partial charge >= 0.3 is 0 Å². The number of aromatic amines is 1. The van der Waals surface area contributed by atoms with E-state index < -0.39 is 5.91 Å². The molecule has 4 heterocycles. The second-order valence-corrected chi connectivity index (χ2v) is 7.39. The van der Waals surface area contributed by atoms with Crippen LogP contribution in [0.3, 0.4) is 0 Å². The molecule has 2 amide bonds. The van der Waals surface area contributed by atoms with E-state index in [0.717, 1.165) is 30.6 Å². The van der Waals surface area contributed by atoms with E-state index >= 15 is 0 Å². The Morgan fingerprint density at radius 1 is 1.19 bits per heavy atom. The molecule has 0 radical (unpaired) electrons. The van der Waals surface area contributed by atoms with Crippen LogP contribution < -0.4 is 5.32 Å². The summed E-state index contributed by atoms with van der Waals surface area (Å²) >= 11 is 0. The number of rotatable bonds is 5. The molecule has 1 saturated heterocycles. The van der Waals surface area contributed by atoms with E-state index in [-0.39, 0.29) is 23.5 Å². The van der Waals surface area contributed by atoms with Gasteiger partial charge in [0.25, 0.3) is 11.8 Å². The maximum absolute atomic E-state index is 13.2. The molecule has 1 aliphatic heterocycles. The molecule has 1 unspecified atom stereocenters. The Morgan fingerprint density at radius 3 is 2.88 bits per heavy atom. The highest BCUT2D eigenvalue weighted by Gasteiger charge is 2.32. The SMILES string of the molecule is O=C(Nc1cc(C2CCCCN2C(=O)c2ncn(-c3ccccc3)n2)[nH]n1)c1cnco1. The Hall–Kier alpha value is -4.28. The smallest absolute Gasteiger partial charge is 0.294 e. The summed E-state index contributed by atoms with van der Waals surface area (Å²) in [6.07, 6.45) is 6.68. The first-order valence-corrected chi connectivity index (χ1v) is 10.2. The average Bonchev–Trinajstić information content (AvgIpc) is 3.61. The van der Waals surface area contributed by atoms with Crippen LogP contribution in [-0.4, -0.2) is 53.2 Å². The van der Waals surface area contributed by atoms with Gasteiger partial charge in [0.15, 0.2) is 12.2 Å². The van der Waals surface area contributed by atoms with Crippen LogP contribution in [0.25, 0.3) is 5.69 Å². The van der Waals surface area contributed by atoms with Gasteiger partial charge in [0, 0.05) is 12.6 Å². The van der Waals surface area contributed by atoms with Crippen molar-refractivity contribution in [2.75, 3.05) is 11.9 Å². The van der Waals surface area contributed by atoms with Crippen molar-refractivity contribution in [1.82, 2.24) is 34.8 Å². The molecule has 0 aliphatic carbocycles. The fourth-order valence-electron chi connectivity index (χ4n) is 3.77. The van der Waals surface area contributed by atoms with Gasteiger partial charge in [0.05, 0.1) is 23.6 Å². The number of H-pyrrole nitrogens is 1. The molecule has 5 rings (SSSR count). The van der Waals surface area contributed by atoms with E-state index in [1.165, 1.54) is 18.9 Å². The van der Waals surface area contributed by atoms with Crippen molar-refractivity contribution in [2.45, 2.75) is 25.3 Å². The lowest BCUT2D eigenvalue weighted by Gasteiger charge is -2.34. The highest BCUT2D eigenvalue weighted by Crippen LogP contribution is 2.31. The normalized spacial score (nSPS) is 16.1. The number of piperidine rings is 1. The summed E-state index contributed by atoms with van der Waals surface area (Å²) in [4.78, 5) is 35.1. The number of amides is 2. The molecule has 0 bridgehead atoms. The van der Waals surface area contributed by atoms with Crippen molar-refractivity contribution >= 4 is 17.6 Å². The molecule has 32 heavy (non-hydrogen) atoms. The van der Waals surface area contributed by atoms with E-state index in [1.54, 1.807) is 15.6 Å². The maximum atomic E-state index is 13.2. The number of oxazole rings is 1. The van der Waals surface area contributed by atoms with Crippen molar-refractivity contribution in [3.05, 3.63) is 72.6 Å². The number of anilines is 1.